The number of thioether (sulfide) groups is 1. The Kier molecular flexibility index (Phi) is 5.28. The quantitative estimate of drug-likeness (QED) is 0.791. The second kappa shape index (κ2) is 6.49. The summed E-state index contributed by atoms with van der Waals surface area (Å²) in [5.41, 5.74) is 2.94. The Morgan fingerprint density at radius 3 is 2.76 bits per heavy atom. The Bertz CT molecular complexity index is 393. The number of carbonyl (C=O) groups excluding carboxylic acids is 1. The van der Waals surface area contributed by atoms with Crippen molar-refractivity contribution in [1.82, 2.24) is 10.5 Å². The summed E-state index contributed by atoms with van der Waals surface area (Å²) in [4.78, 5) is 11.4. The fourth-order valence-corrected chi connectivity index (χ4v) is 2.26. The molecule has 0 spiro atoms. The van der Waals surface area contributed by atoms with Crippen LogP contribution in [0, 0.1) is 13.8 Å². The van der Waals surface area contributed by atoms with Gasteiger partial charge in [0.05, 0.1) is 11.4 Å². The van der Waals surface area contributed by atoms with E-state index in [9.17, 15) is 4.79 Å². The van der Waals surface area contributed by atoms with Crippen LogP contribution in [0.2, 0.25) is 0 Å². The maximum absolute atomic E-state index is 11.4. The lowest BCUT2D eigenvalue weighted by Gasteiger charge is -2.04. The van der Waals surface area contributed by atoms with Crippen LogP contribution < -0.4 is 5.32 Å². The van der Waals surface area contributed by atoms with Crippen molar-refractivity contribution >= 4 is 17.7 Å². The lowest BCUT2D eigenvalue weighted by molar-refractivity contribution is -0.118. The molecule has 0 bridgehead atoms. The van der Waals surface area contributed by atoms with Crippen LogP contribution in [0.1, 0.15) is 23.9 Å². The van der Waals surface area contributed by atoms with Gasteiger partial charge in [-0.1, -0.05) is 17.3 Å². The van der Waals surface area contributed by atoms with Gasteiger partial charge in [-0.25, -0.2) is 0 Å². The molecule has 0 atom stereocenters. The van der Waals surface area contributed by atoms with Crippen molar-refractivity contribution in [2.24, 2.45) is 0 Å². The molecular weight excluding hydrogens is 236 g/mol. The van der Waals surface area contributed by atoms with E-state index in [2.05, 4.69) is 17.1 Å². The van der Waals surface area contributed by atoms with Gasteiger partial charge in [-0.05, 0) is 20.8 Å². The molecule has 0 aliphatic rings. The van der Waals surface area contributed by atoms with Gasteiger partial charge in [0.1, 0.15) is 5.76 Å². The topological polar surface area (TPSA) is 55.1 Å². The lowest BCUT2D eigenvalue weighted by atomic mass is 10.2. The first kappa shape index (κ1) is 13.8. The summed E-state index contributed by atoms with van der Waals surface area (Å²) in [6.45, 7) is 9.96. The number of nitrogens with one attached hydrogen (secondary N) is 1. The first-order valence-corrected chi connectivity index (χ1v) is 6.56. The van der Waals surface area contributed by atoms with E-state index in [0.717, 1.165) is 28.3 Å². The highest BCUT2D eigenvalue weighted by Gasteiger charge is 2.09. The zero-order chi connectivity index (χ0) is 12.8. The molecule has 1 N–H and O–H groups in total. The van der Waals surface area contributed by atoms with Gasteiger partial charge in [-0.2, -0.15) is 0 Å². The van der Waals surface area contributed by atoms with Crippen molar-refractivity contribution in [2.75, 3.05) is 12.3 Å². The summed E-state index contributed by atoms with van der Waals surface area (Å²) in [5, 5.41) is 6.67. The van der Waals surface area contributed by atoms with Crippen LogP contribution in [0.4, 0.5) is 0 Å². The fraction of sp³-hybridized carbons (Fsp3) is 0.500. The molecule has 1 aromatic rings. The van der Waals surface area contributed by atoms with E-state index < -0.39 is 0 Å². The standard InChI is InChI=1S/C12H18N2O2S/c1-8(2)5-13-12(15)7-17-6-11-9(3)14-16-10(11)4/h1,5-7H2,2-4H3,(H,13,15). The van der Waals surface area contributed by atoms with E-state index in [4.69, 9.17) is 4.52 Å². The van der Waals surface area contributed by atoms with Crippen molar-refractivity contribution in [3.8, 4) is 0 Å². The molecular formula is C12H18N2O2S. The molecule has 5 heteroatoms. The van der Waals surface area contributed by atoms with Gasteiger partial charge < -0.3 is 9.84 Å². The summed E-state index contributed by atoms with van der Waals surface area (Å²) in [7, 11) is 0. The molecule has 17 heavy (non-hydrogen) atoms. The molecule has 4 nitrogen and oxygen atoms in total. The second-order valence-corrected chi connectivity index (χ2v) is 5.01. The Balaban J connectivity index is 2.28. The van der Waals surface area contributed by atoms with Crippen LogP contribution in [0.15, 0.2) is 16.7 Å². The maximum atomic E-state index is 11.4. The molecule has 1 rings (SSSR count). The van der Waals surface area contributed by atoms with Gasteiger partial charge in [-0.15, -0.1) is 11.8 Å². The van der Waals surface area contributed by atoms with Crippen LogP contribution in [0.25, 0.3) is 0 Å². The van der Waals surface area contributed by atoms with E-state index in [1.165, 1.54) is 0 Å². The average molecular weight is 254 g/mol. The third kappa shape index (κ3) is 4.65. The predicted molar refractivity (Wildman–Crippen MR) is 70.0 cm³/mol. The Morgan fingerprint density at radius 1 is 1.53 bits per heavy atom. The molecule has 0 aliphatic carbocycles. The first-order chi connectivity index (χ1) is 8.00. The Hall–Kier alpha value is -1.23. The van der Waals surface area contributed by atoms with Crippen molar-refractivity contribution in [3.05, 3.63) is 29.2 Å². The SMILES string of the molecule is C=C(C)CNC(=O)CSCc1c(C)noc1C. The van der Waals surface area contributed by atoms with E-state index in [0.29, 0.717) is 12.3 Å². The number of aryl methyl sites for hydroxylation is 2. The minimum absolute atomic E-state index is 0.0322. The number of hydrogen-bond donors (Lipinski definition) is 1. The van der Waals surface area contributed by atoms with Crippen molar-refractivity contribution in [2.45, 2.75) is 26.5 Å². The van der Waals surface area contributed by atoms with Gasteiger partial charge in [0, 0.05) is 17.9 Å². The van der Waals surface area contributed by atoms with Crippen molar-refractivity contribution < 1.29 is 9.32 Å². The van der Waals surface area contributed by atoms with Crippen LogP contribution in [0.5, 0.6) is 0 Å². The highest BCUT2D eigenvalue weighted by molar-refractivity contribution is 7.99. The number of carbonyl (C=O) groups is 1. The van der Waals surface area contributed by atoms with Gasteiger partial charge >= 0.3 is 0 Å². The molecule has 1 amide bonds. The van der Waals surface area contributed by atoms with Crippen LogP contribution in [-0.2, 0) is 10.5 Å². The third-order valence-corrected chi connectivity index (χ3v) is 3.21. The zero-order valence-corrected chi connectivity index (χ0v) is 11.3. The number of hydrogen-bond acceptors (Lipinski definition) is 4. The first-order valence-electron chi connectivity index (χ1n) is 5.41. The van der Waals surface area contributed by atoms with E-state index in [-0.39, 0.29) is 5.91 Å². The van der Waals surface area contributed by atoms with Crippen LogP contribution in [0.3, 0.4) is 0 Å². The minimum Gasteiger partial charge on any atom is -0.361 e. The summed E-state index contributed by atoms with van der Waals surface area (Å²) in [5.74, 6) is 2.06. The summed E-state index contributed by atoms with van der Waals surface area (Å²) >= 11 is 1.56. The normalized spacial score (nSPS) is 10.3. The predicted octanol–water partition coefficient (Wildman–Crippen LogP) is 2.22. The molecule has 1 heterocycles. The third-order valence-electron chi connectivity index (χ3n) is 2.25. The Labute approximate surface area is 106 Å². The molecule has 0 saturated carbocycles. The number of nitrogens with zero attached hydrogens (tertiary/aromatic N) is 1. The van der Waals surface area contributed by atoms with Gasteiger partial charge in [0.15, 0.2) is 0 Å². The maximum Gasteiger partial charge on any atom is 0.230 e. The lowest BCUT2D eigenvalue weighted by Crippen LogP contribution is -2.26. The highest BCUT2D eigenvalue weighted by Crippen LogP contribution is 2.19. The fourth-order valence-electron chi connectivity index (χ4n) is 1.25. The highest BCUT2D eigenvalue weighted by atomic mass is 32.2. The molecule has 94 valence electrons. The van der Waals surface area contributed by atoms with Crippen molar-refractivity contribution in [3.63, 3.8) is 0 Å². The van der Waals surface area contributed by atoms with Crippen LogP contribution >= 0.6 is 11.8 Å². The minimum atomic E-state index is 0.0322. The number of rotatable bonds is 6. The van der Waals surface area contributed by atoms with Gasteiger partial charge in [-0.3, -0.25) is 4.79 Å². The van der Waals surface area contributed by atoms with Crippen molar-refractivity contribution in [1.29, 1.82) is 0 Å². The summed E-state index contributed by atoms with van der Waals surface area (Å²) in [6.07, 6.45) is 0. The molecule has 0 fully saturated rings. The molecule has 0 unspecified atom stereocenters. The Morgan fingerprint density at radius 2 is 2.24 bits per heavy atom. The monoisotopic (exact) mass is 254 g/mol. The summed E-state index contributed by atoms with van der Waals surface area (Å²) in [6, 6.07) is 0. The molecule has 0 aromatic carbocycles. The smallest absolute Gasteiger partial charge is 0.230 e. The van der Waals surface area contributed by atoms with Gasteiger partial charge in [0.2, 0.25) is 5.91 Å². The molecule has 1 aromatic heterocycles. The molecule has 0 radical (unpaired) electrons. The zero-order valence-electron chi connectivity index (χ0n) is 10.5. The van der Waals surface area contributed by atoms with E-state index >= 15 is 0 Å². The second-order valence-electron chi connectivity index (χ2n) is 4.03. The van der Waals surface area contributed by atoms with Crippen LogP contribution in [-0.4, -0.2) is 23.4 Å². The van der Waals surface area contributed by atoms with Gasteiger partial charge in [0.25, 0.3) is 0 Å². The molecule has 0 aliphatic heterocycles. The van der Waals surface area contributed by atoms with E-state index in [1.807, 2.05) is 20.8 Å². The summed E-state index contributed by atoms with van der Waals surface area (Å²) < 4.78 is 5.06. The number of amides is 1. The number of aromatic nitrogens is 1. The van der Waals surface area contributed by atoms with E-state index in [1.54, 1.807) is 11.8 Å². The average Bonchev–Trinajstić information content (AvgIpc) is 2.57. The largest absolute Gasteiger partial charge is 0.361 e. The molecule has 0 saturated heterocycles.